The van der Waals surface area contributed by atoms with Crippen LogP contribution in [0.2, 0.25) is 0 Å². The molecule has 0 atom stereocenters. The number of fused-ring (bicyclic) bond motifs is 1. The molecule has 0 bridgehead atoms. The van der Waals surface area contributed by atoms with Crippen molar-refractivity contribution in [2.24, 2.45) is 0 Å². The molecule has 1 saturated heterocycles. The number of para-hydroxylation sites is 1. The largest absolute Gasteiger partial charge is 0.379 e. The van der Waals surface area contributed by atoms with Crippen molar-refractivity contribution in [1.29, 1.82) is 5.26 Å². The van der Waals surface area contributed by atoms with Gasteiger partial charge < -0.3 is 15.0 Å². The Labute approximate surface area is 123 Å². The van der Waals surface area contributed by atoms with Crippen molar-refractivity contribution < 1.29 is 4.74 Å². The molecule has 1 aromatic heterocycles. The van der Waals surface area contributed by atoms with E-state index in [1.165, 1.54) is 0 Å². The molecule has 21 heavy (non-hydrogen) atoms. The van der Waals surface area contributed by atoms with E-state index in [4.69, 9.17) is 15.7 Å². The summed E-state index contributed by atoms with van der Waals surface area (Å²) in [5.74, 6) is 0.481. The second kappa shape index (κ2) is 6.12. The van der Waals surface area contributed by atoms with Crippen LogP contribution < -0.4 is 5.73 Å². The summed E-state index contributed by atoms with van der Waals surface area (Å²) in [5, 5.41) is 9.12. The number of nitriles is 1. The number of nitrogens with zero attached hydrogens (tertiary/aromatic N) is 4. The lowest BCUT2D eigenvalue weighted by atomic mass is 10.2. The average Bonchev–Trinajstić information content (AvgIpc) is 2.84. The van der Waals surface area contributed by atoms with Crippen molar-refractivity contribution in [3.05, 3.63) is 23.8 Å². The third-order valence-electron chi connectivity index (χ3n) is 3.89. The number of nitrogens with two attached hydrogens (primary N) is 1. The van der Waals surface area contributed by atoms with Gasteiger partial charge in [-0.15, -0.1) is 0 Å². The third kappa shape index (κ3) is 2.84. The third-order valence-corrected chi connectivity index (χ3v) is 3.89. The number of imidazole rings is 1. The van der Waals surface area contributed by atoms with Crippen LogP contribution in [0.15, 0.2) is 18.2 Å². The minimum atomic E-state index is 0.481. The minimum Gasteiger partial charge on any atom is -0.379 e. The highest BCUT2D eigenvalue weighted by Crippen LogP contribution is 2.21. The first-order valence-electron chi connectivity index (χ1n) is 7.24. The van der Waals surface area contributed by atoms with Crippen LogP contribution in [0.1, 0.15) is 12.0 Å². The van der Waals surface area contributed by atoms with E-state index in [-0.39, 0.29) is 0 Å². The van der Waals surface area contributed by atoms with Gasteiger partial charge in [-0.05, 0) is 18.6 Å². The summed E-state index contributed by atoms with van der Waals surface area (Å²) in [6.07, 6.45) is 1.01. The lowest BCUT2D eigenvalue weighted by Crippen LogP contribution is -2.37. The normalized spacial score (nSPS) is 16.1. The SMILES string of the molecule is N#Cc1cccc2c1nc(N)n2CCCN1CCOCC1. The molecule has 3 rings (SSSR count). The van der Waals surface area contributed by atoms with Crippen LogP contribution in [-0.4, -0.2) is 47.3 Å². The molecule has 2 heterocycles. The van der Waals surface area contributed by atoms with Crippen LogP contribution in [-0.2, 0) is 11.3 Å². The standard InChI is InChI=1S/C15H19N5O/c16-11-12-3-1-4-13-14(12)18-15(17)20(13)6-2-5-19-7-9-21-10-8-19/h1,3-4H,2,5-10H2,(H2,17,18). The van der Waals surface area contributed by atoms with Crippen molar-refractivity contribution >= 4 is 17.0 Å². The Morgan fingerprint density at radius 3 is 2.86 bits per heavy atom. The summed E-state index contributed by atoms with van der Waals surface area (Å²) in [6.45, 7) is 5.48. The van der Waals surface area contributed by atoms with Gasteiger partial charge in [0.2, 0.25) is 5.95 Å². The van der Waals surface area contributed by atoms with Gasteiger partial charge in [-0.2, -0.15) is 5.26 Å². The Morgan fingerprint density at radius 1 is 1.29 bits per heavy atom. The van der Waals surface area contributed by atoms with Crippen LogP contribution in [0.25, 0.3) is 11.0 Å². The Balaban J connectivity index is 1.72. The number of aromatic nitrogens is 2. The molecule has 0 unspecified atom stereocenters. The first-order valence-corrected chi connectivity index (χ1v) is 7.24. The van der Waals surface area contributed by atoms with E-state index >= 15 is 0 Å². The number of ether oxygens (including phenoxy) is 1. The predicted octanol–water partition coefficient (Wildman–Crippen LogP) is 1.21. The highest BCUT2D eigenvalue weighted by atomic mass is 16.5. The van der Waals surface area contributed by atoms with Gasteiger partial charge in [0.05, 0.1) is 24.3 Å². The van der Waals surface area contributed by atoms with Crippen LogP contribution in [0.4, 0.5) is 5.95 Å². The molecule has 0 amide bonds. The molecule has 2 N–H and O–H groups in total. The highest BCUT2D eigenvalue weighted by molar-refractivity contribution is 5.83. The second-order valence-electron chi connectivity index (χ2n) is 5.21. The van der Waals surface area contributed by atoms with Gasteiger partial charge in [-0.1, -0.05) is 6.07 Å². The molecule has 0 aliphatic carbocycles. The summed E-state index contributed by atoms with van der Waals surface area (Å²) in [4.78, 5) is 6.74. The van der Waals surface area contributed by atoms with Gasteiger partial charge in [0, 0.05) is 26.2 Å². The molecule has 1 aromatic carbocycles. The van der Waals surface area contributed by atoms with Crippen molar-refractivity contribution in [1.82, 2.24) is 14.5 Å². The summed E-state index contributed by atoms with van der Waals surface area (Å²) in [5.41, 5.74) is 8.22. The molecule has 0 spiro atoms. The van der Waals surface area contributed by atoms with E-state index < -0.39 is 0 Å². The zero-order valence-electron chi connectivity index (χ0n) is 12.0. The van der Waals surface area contributed by atoms with Crippen LogP contribution in [0.5, 0.6) is 0 Å². The van der Waals surface area contributed by atoms with E-state index in [9.17, 15) is 0 Å². The lowest BCUT2D eigenvalue weighted by Gasteiger charge is -2.26. The quantitative estimate of drug-likeness (QED) is 0.913. The fourth-order valence-electron chi connectivity index (χ4n) is 2.77. The van der Waals surface area contributed by atoms with Crippen LogP contribution in [0, 0.1) is 11.3 Å². The minimum absolute atomic E-state index is 0.481. The number of hydrogen-bond donors (Lipinski definition) is 1. The van der Waals surface area contributed by atoms with Crippen molar-refractivity contribution in [3.8, 4) is 6.07 Å². The summed E-state index contributed by atoms with van der Waals surface area (Å²) < 4.78 is 7.34. The Hall–Kier alpha value is -2.10. The van der Waals surface area contributed by atoms with Gasteiger partial charge in [-0.25, -0.2) is 4.98 Å². The first kappa shape index (κ1) is 13.9. The number of benzene rings is 1. The van der Waals surface area contributed by atoms with E-state index in [0.717, 1.165) is 51.3 Å². The number of rotatable bonds is 4. The molecular formula is C15H19N5O. The Bertz CT molecular complexity index is 666. The van der Waals surface area contributed by atoms with Gasteiger partial charge in [-0.3, -0.25) is 4.90 Å². The monoisotopic (exact) mass is 285 g/mol. The molecule has 6 nitrogen and oxygen atoms in total. The number of nitrogen functional groups attached to an aromatic ring is 1. The summed E-state index contributed by atoms with van der Waals surface area (Å²) in [6, 6.07) is 7.78. The molecule has 0 radical (unpaired) electrons. The fourth-order valence-corrected chi connectivity index (χ4v) is 2.77. The van der Waals surface area contributed by atoms with Gasteiger partial charge >= 0.3 is 0 Å². The molecule has 1 aliphatic heterocycles. The van der Waals surface area contributed by atoms with Crippen LogP contribution >= 0.6 is 0 Å². The van der Waals surface area contributed by atoms with E-state index in [2.05, 4.69) is 16.0 Å². The Morgan fingerprint density at radius 2 is 2.10 bits per heavy atom. The first-order chi connectivity index (χ1) is 10.3. The average molecular weight is 285 g/mol. The lowest BCUT2D eigenvalue weighted by molar-refractivity contribution is 0.0370. The van der Waals surface area contributed by atoms with E-state index in [0.29, 0.717) is 17.0 Å². The van der Waals surface area contributed by atoms with E-state index in [1.807, 2.05) is 16.7 Å². The van der Waals surface area contributed by atoms with E-state index in [1.54, 1.807) is 6.07 Å². The topological polar surface area (TPSA) is 80.1 Å². The van der Waals surface area contributed by atoms with Gasteiger partial charge in [0.15, 0.2) is 0 Å². The van der Waals surface area contributed by atoms with Crippen molar-refractivity contribution in [2.45, 2.75) is 13.0 Å². The number of morpholine rings is 1. The molecule has 2 aromatic rings. The smallest absolute Gasteiger partial charge is 0.201 e. The second-order valence-corrected chi connectivity index (χ2v) is 5.21. The molecule has 110 valence electrons. The fraction of sp³-hybridized carbons (Fsp3) is 0.467. The molecular weight excluding hydrogens is 266 g/mol. The zero-order chi connectivity index (χ0) is 14.7. The number of aryl methyl sites for hydroxylation is 1. The predicted molar refractivity (Wildman–Crippen MR) is 80.7 cm³/mol. The summed E-state index contributed by atoms with van der Waals surface area (Å²) in [7, 11) is 0. The summed E-state index contributed by atoms with van der Waals surface area (Å²) >= 11 is 0. The zero-order valence-corrected chi connectivity index (χ0v) is 12.0. The van der Waals surface area contributed by atoms with Gasteiger partial charge in [0.25, 0.3) is 0 Å². The maximum Gasteiger partial charge on any atom is 0.201 e. The molecule has 0 saturated carbocycles. The van der Waals surface area contributed by atoms with Crippen molar-refractivity contribution in [3.63, 3.8) is 0 Å². The Kier molecular flexibility index (Phi) is 4.04. The highest BCUT2D eigenvalue weighted by Gasteiger charge is 2.13. The van der Waals surface area contributed by atoms with Gasteiger partial charge in [0.1, 0.15) is 11.6 Å². The van der Waals surface area contributed by atoms with Crippen LogP contribution in [0.3, 0.4) is 0 Å². The molecule has 6 heteroatoms. The maximum absolute atomic E-state index is 9.12. The number of anilines is 1. The number of hydrogen-bond acceptors (Lipinski definition) is 5. The van der Waals surface area contributed by atoms with Crippen molar-refractivity contribution in [2.75, 3.05) is 38.6 Å². The molecule has 1 aliphatic rings. The molecule has 1 fully saturated rings. The maximum atomic E-state index is 9.12.